The molecule has 0 bridgehead atoms. The second-order valence-electron chi connectivity index (χ2n) is 5.46. The third kappa shape index (κ3) is 4.48. The molecule has 0 spiro atoms. The summed E-state index contributed by atoms with van der Waals surface area (Å²) in [4.78, 5) is 24.2. The number of allylic oxidation sites excluding steroid dienone is 1. The van der Waals surface area contributed by atoms with E-state index in [0.29, 0.717) is 22.9 Å². The number of esters is 1. The number of nitrogens with one attached hydrogen (secondary N) is 2. The molecular weight excluding hydrogens is 316 g/mol. The highest BCUT2D eigenvalue weighted by Crippen LogP contribution is 2.28. The lowest BCUT2D eigenvalue weighted by molar-refractivity contribution is -0.139. The summed E-state index contributed by atoms with van der Waals surface area (Å²) >= 11 is 5.90. The molecule has 0 fully saturated rings. The molecule has 0 saturated carbocycles. The van der Waals surface area contributed by atoms with Crippen molar-refractivity contribution in [3.8, 4) is 0 Å². The van der Waals surface area contributed by atoms with Crippen molar-refractivity contribution < 1.29 is 14.3 Å². The van der Waals surface area contributed by atoms with Gasteiger partial charge in [-0.15, -0.1) is 0 Å². The quantitative estimate of drug-likeness (QED) is 0.614. The van der Waals surface area contributed by atoms with Crippen LogP contribution in [-0.2, 0) is 9.53 Å². The van der Waals surface area contributed by atoms with E-state index in [4.69, 9.17) is 16.3 Å². The van der Waals surface area contributed by atoms with E-state index in [1.807, 2.05) is 0 Å². The highest BCUT2D eigenvalue weighted by Gasteiger charge is 2.32. The van der Waals surface area contributed by atoms with Gasteiger partial charge in [-0.2, -0.15) is 0 Å². The Kier molecular flexibility index (Phi) is 6.04. The molecule has 1 heterocycles. The second kappa shape index (κ2) is 8.02. The average molecular weight is 337 g/mol. The lowest BCUT2D eigenvalue weighted by Crippen LogP contribution is -2.45. The molecule has 2 rings (SSSR count). The molecule has 1 aromatic rings. The normalized spacial score (nSPS) is 17.5. The number of rotatable bonds is 6. The van der Waals surface area contributed by atoms with Gasteiger partial charge in [-0.05, 0) is 31.0 Å². The SMILES string of the molecule is CCCCCOC(=O)C1=C(C)NC(=O)N[C@@H]1c1ccc(Cl)cc1. The Balaban J connectivity index is 2.20. The summed E-state index contributed by atoms with van der Waals surface area (Å²) in [6.45, 7) is 4.17. The van der Waals surface area contributed by atoms with Gasteiger partial charge in [0.1, 0.15) is 0 Å². The number of ether oxygens (including phenoxy) is 1. The molecule has 0 saturated heterocycles. The number of carbonyl (C=O) groups is 2. The summed E-state index contributed by atoms with van der Waals surface area (Å²) in [5.74, 6) is -0.411. The number of benzene rings is 1. The molecule has 1 aromatic carbocycles. The van der Waals surface area contributed by atoms with Crippen molar-refractivity contribution in [1.29, 1.82) is 0 Å². The summed E-state index contributed by atoms with van der Waals surface area (Å²) in [5.41, 5.74) is 1.71. The van der Waals surface area contributed by atoms with Crippen LogP contribution in [0.2, 0.25) is 5.02 Å². The first-order valence-corrected chi connectivity index (χ1v) is 8.11. The third-order valence-corrected chi connectivity index (χ3v) is 3.93. The fraction of sp³-hybridized carbons (Fsp3) is 0.412. The van der Waals surface area contributed by atoms with E-state index in [9.17, 15) is 9.59 Å². The van der Waals surface area contributed by atoms with Crippen molar-refractivity contribution in [2.24, 2.45) is 0 Å². The van der Waals surface area contributed by atoms with Gasteiger partial charge < -0.3 is 15.4 Å². The van der Waals surface area contributed by atoms with E-state index < -0.39 is 12.0 Å². The lowest BCUT2D eigenvalue weighted by Gasteiger charge is -2.28. The molecule has 1 atom stereocenters. The summed E-state index contributed by atoms with van der Waals surface area (Å²) in [7, 11) is 0. The molecule has 0 radical (unpaired) electrons. The van der Waals surface area contributed by atoms with Crippen molar-refractivity contribution in [2.45, 2.75) is 39.2 Å². The van der Waals surface area contributed by atoms with E-state index in [0.717, 1.165) is 24.8 Å². The molecule has 5 nitrogen and oxygen atoms in total. The minimum absolute atomic E-state index is 0.343. The van der Waals surface area contributed by atoms with Crippen molar-refractivity contribution in [1.82, 2.24) is 10.6 Å². The van der Waals surface area contributed by atoms with Crippen LogP contribution in [0.4, 0.5) is 4.79 Å². The summed E-state index contributed by atoms with van der Waals surface area (Å²) in [6.07, 6.45) is 2.91. The Morgan fingerprint density at radius 2 is 1.96 bits per heavy atom. The second-order valence-corrected chi connectivity index (χ2v) is 5.90. The first-order chi connectivity index (χ1) is 11.0. The molecule has 6 heteroatoms. The fourth-order valence-corrected chi connectivity index (χ4v) is 2.59. The molecule has 0 unspecified atom stereocenters. The standard InChI is InChI=1S/C17H21ClN2O3/c1-3-4-5-10-23-16(21)14-11(2)19-17(22)20-15(14)12-6-8-13(18)9-7-12/h6-9,15H,3-5,10H2,1-2H3,(H2,19,20,22)/t15-/m1/s1. The maximum atomic E-state index is 12.4. The van der Waals surface area contributed by atoms with Crippen molar-refractivity contribution in [3.05, 3.63) is 46.1 Å². The van der Waals surface area contributed by atoms with Gasteiger partial charge in [0.15, 0.2) is 0 Å². The number of unbranched alkanes of at least 4 members (excludes halogenated alkanes) is 2. The Labute approximate surface area is 141 Å². The first kappa shape index (κ1) is 17.3. The lowest BCUT2D eigenvalue weighted by atomic mass is 9.95. The van der Waals surface area contributed by atoms with Crippen LogP contribution >= 0.6 is 11.6 Å². The Hall–Kier alpha value is -2.01. The van der Waals surface area contributed by atoms with Gasteiger partial charge in [0.05, 0.1) is 18.2 Å². The predicted octanol–water partition coefficient (Wildman–Crippen LogP) is 3.70. The van der Waals surface area contributed by atoms with Gasteiger partial charge in [0, 0.05) is 10.7 Å². The predicted molar refractivity (Wildman–Crippen MR) is 89.0 cm³/mol. The van der Waals surface area contributed by atoms with E-state index in [2.05, 4.69) is 17.6 Å². The molecule has 124 valence electrons. The van der Waals surface area contributed by atoms with Crippen molar-refractivity contribution in [3.63, 3.8) is 0 Å². The van der Waals surface area contributed by atoms with Crippen LogP contribution in [0, 0.1) is 0 Å². The van der Waals surface area contributed by atoms with Crippen LogP contribution < -0.4 is 10.6 Å². The van der Waals surface area contributed by atoms with Gasteiger partial charge in [-0.3, -0.25) is 0 Å². The molecule has 0 aliphatic carbocycles. The maximum Gasteiger partial charge on any atom is 0.338 e. The van der Waals surface area contributed by atoms with Crippen LogP contribution in [0.5, 0.6) is 0 Å². The van der Waals surface area contributed by atoms with Gasteiger partial charge in [0.25, 0.3) is 0 Å². The van der Waals surface area contributed by atoms with Crippen LogP contribution in [-0.4, -0.2) is 18.6 Å². The van der Waals surface area contributed by atoms with Crippen LogP contribution in [0.3, 0.4) is 0 Å². The van der Waals surface area contributed by atoms with Crippen molar-refractivity contribution in [2.75, 3.05) is 6.61 Å². The Morgan fingerprint density at radius 1 is 1.26 bits per heavy atom. The van der Waals surface area contributed by atoms with Crippen molar-refractivity contribution >= 4 is 23.6 Å². The van der Waals surface area contributed by atoms with E-state index in [-0.39, 0.29) is 6.03 Å². The molecule has 1 aliphatic rings. The van der Waals surface area contributed by atoms with Crippen LogP contribution in [0.15, 0.2) is 35.5 Å². The minimum Gasteiger partial charge on any atom is -0.462 e. The molecule has 23 heavy (non-hydrogen) atoms. The zero-order valence-corrected chi connectivity index (χ0v) is 14.1. The number of amides is 2. The summed E-state index contributed by atoms with van der Waals surface area (Å²) in [5, 5.41) is 5.98. The van der Waals surface area contributed by atoms with E-state index in [1.165, 1.54) is 0 Å². The molecule has 2 amide bonds. The number of carbonyl (C=O) groups excluding carboxylic acids is 2. The maximum absolute atomic E-state index is 12.4. The Bertz CT molecular complexity index is 611. The average Bonchev–Trinajstić information content (AvgIpc) is 2.51. The number of halogens is 1. The summed E-state index contributed by atoms with van der Waals surface area (Å²) < 4.78 is 5.35. The highest BCUT2D eigenvalue weighted by atomic mass is 35.5. The molecule has 0 aromatic heterocycles. The van der Waals surface area contributed by atoms with Gasteiger partial charge in [0.2, 0.25) is 0 Å². The molecular formula is C17H21ClN2O3. The largest absolute Gasteiger partial charge is 0.462 e. The zero-order valence-electron chi connectivity index (χ0n) is 13.3. The van der Waals surface area contributed by atoms with Gasteiger partial charge in [-0.1, -0.05) is 43.5 Å². The molecule has 2 N–H and O–H groups in total. The smallest absolute Gasteiger partial charge is 0.338 e. The fourth-order valence-electron chi connectivity index (χ4n) is 2.46. The third-order valence-electron chi connectivity index (χ3n) is 3.67. The van der Waals surface area contributed by atoms with E-state index in [1.54, 1.807) is 31.2 Å². The highest BCUT2D eigenvalue weighted by molar-refractivity contribution is 6.30. The van der Waals surface area contributed by atoms with Crippen LogP contribution in [0.25, 0.3) is 0 Å². The van der Waals surface area contributed by atoms with Crippen LogP contribution in [0.1, 0.15) is 44.7 Å². The van der Waals surface area contributed by atoms with Gasteiger partial charge in [-0.25, -0.2) is 9.59 Å². The first-order valence-electron chi connectivity index (χ1n) is 7.73. The molecule has 1 aliphatic heterocycles. The van der Waals surface area contributed by atoms with E-state index >= 15 is 0 Å². The number of hydrogen-bond donors (Lipinski definition) is 2. The monoisotopic (exact) mass is 336 g/mol. The Morgan fingerprint density at radius 3 is 2.61 bits per heavy atom. The minimum atomic E-state index is -0.542. The zero-order chi connectivity index (χ0) is 16.8. The topological polar surface area (TPSA) is 67.4 Å². The number of hydrogen-bond acceptors (Lipinski definition) is 3. The summed E-state index contributed by atoms with van der Waals surface area (Å²) in [6, 6.07) is 6.14. The van der Waals surface area contributed by atoms with Gasteiger partial charge >= 0.3 is 12.0 Å². The number of urea groups is 1.